The molecule has 2 aromatic rings. The number of imide groups is 1. The van der Waals surface area contributed by atoms with Crippen LogP contribution in [-0.2, 0) is 14.3 Å². The summed E-state index contributed by atoms with van der Waals surface area (Å²) in [5.74, 6) is -1.64. The first-order valence-electron chi connectivity index (χ1n) is 10.5. The molecular weight excluding hydrogens is 410 g/mol. The zero-order valence-electron chi connectivity index (χ0n) is 17.4. The lowest BCUT2D eigenvalue weighted by Crippen LogP contribution is -2.34. The standard InChI is InChI=1S/C25H21NO6/c1-31-17-10-8-14(9-11-17)20(27)13-32-25(30)18-4-2-3-5-19(18)26-23(28)21-15-6-7-16(12-15)22(21)24(26)29/h2-11,15-16,21-22H,12-13H2,1H3. The molecule has 2 fully saturated rings. The number of allylic oxidation sites excluding steroid dienone is 2. The zero-order valence-corrected chi connectivity index (χ0v) is 17.4. The summed E-state index contributed by atoms with van der Waals surface area (Å²) in [6.45, 7) is -0.458. The van der Waals surface area contributed by atoms with Crippen molar-refractivity contribution < 1.29 is 28.7 Å². The number of hydrogen-bond donors (Lipinski definition) is 0. The first-order chi connectivity index (χ1) is 15.5. The molecule has 1 saturated heterocycles. The lowest BCUT2D eigenvalue weighted by molar-refractivity contribution is -0.123. The molecule has 4 atom stereocenters. The third kappa shape index (κ3) is 3.12. The molecule has 0 spiro atoms. The lowest BCUT2D eigenvalue weighted by Gasteiger charge is -2.19. The average molecular weight is 431 g/mol. The van der Waals surface area contributed by atoms with Gasteiger partial charge in [0.1, 0.15) is 5.75 Å². The monoisotopic (exact) mass is 431 g/mol. The minimum Gasteiger partial charge on any atom is -0.497 e. The summed E-state index contributed by atoms with van der Waals surface area (Å²) in [7, 11) is 1.53. The number of hydrogen-bond acceptors (Lipinski definition) is 6. The Labute approximate surface area is 184 Å². The Morgan fingerprint density at radius 3 is 2.19 bits per heavy atom. The second kappa shape index (κ2) is 7.75. The topological polar surface area (TPSA) is 90.0 Å². The smallest absolute Gasteiger partial charge is 0.340 e. The van der Waals surface area contributed by atoms with Crippen LogP contribution in [0.2, 0.25) is 0 Å². The Hall–Kier alpha value is -3.74. The number of anilines is 1. The Morgan fingerprint density at radius 1 is 0.938 bits per heavy atom. The number of methoxy groups -OCH3 is 1. The number of amides is 2. The summed E-state index contributed by atoms with van der Waals surface area (Å²) in [4.78, 5) is 52.6. The molecule has 2 aromatic carbocycles. The van der Waals surface area contributed by atoms with Crippen LogP contribution in [0.3, 0.4) is 0 Å². The first-order valence-corrected chi connectivity index (χ1v) is 10.5. The largest absolute Gasteiger partial charge is 0.497 e. The Kier molecular flexibility index (Phi) is 4.89. The van der Waals surface area contributed by atoms with E-state index in [1.54, 1.807) is 42.5 Å². The normalized spacial score (nSPS) is 25.2. The molecule has 4 unspecified atom stereocenters. The minimum atomic E-state index is -0.763. The number of esters is 1. The molecule has 7 heteroatoms. The highest BCUT2D eigenvalue weighted by atomic mass is 16.5. The van der Waals surface area contributed by atoms with Crippen molar-refractivity contribution in [3.8, 4) is 5.75 Å². The van der Waals surface area contributed by atoms with E-state index in [9.17, 15) is 19.2 Å². The molecule has 2 aliphatic carbocycles. The quantitative estimate of drug-likeness (QED) is 0.302. The van der Waals surface area contributed by atoms with Crippen LogP contribution in [0.5, 0.6) is 5.75 Å². The van der Waals surface area contributed by atoms with E-state index < -0.39 is 12.6 Å². The van der Waals surface area contributed by atoms with Gasteiger partial charge in [0.05, 0.1) is 30.2 Å². The lowest BCUT2D eigenvalue weighted by atomic mass is 9.85. The van der Waals surface area contributed by atoms with Gasteiger partial charge in [-0.15, -0.1) is 0 Å². The van der Waals surface area contributed by atoms with E-state index in [4.69, 9.17) is 9.47 Å². The molecule has 1 aliphatic heterocycles. The summed E-state index contributed by atoms with van der Waals surface area (Å²) < 4.78 is 10.3. The number of fused-ring (bicyclic) bond motifs is 5. The van der Waals surface area contributed by atoms with E-state index in [0.29, 0.717) is 11.3 Å². The van der Waals surface area contributed by atoms with E-state index in [-0.39, 0.29) is 52.5 Å². The van der Waals surface area contributed by atoms with Crippen LogP contribution in [0.1, 0.15) is 27.1 Å². The van der Waals surface area contributed by atoms with Crippen LogP contribution in [0.15, 0.2) is 60.7 Å². The van der Waals surface area contributed by atoms with Crippen molar-refractivity contribution in [2.45, 2.75) is 6.42 Å². The molecule has 2 bridgehead atoms. The molecule has 7 nitrogen and oxygen atoms in total. The van der Waals surface area contributed by atoms with Crippen molar-refractivity contribution in [2.75, 3.05) is 18.6 Å². The van der Waals surface area contributed by atoms with Crippen molar-refractivity contribution in [3.63, 3.8) is 0 Å². The van der Waals surface area contributed by atoms with Gasteiger partial charge >= 0.3 is 5.97 Å². The van der Waals surface area contributed by atoms with Crippen LogP contribution in [0, 0.1) is 23.7 Å². The zero-order chi connectivity index (χ0) is 22.4. The maximum absolute atomic E-state index is 13.1. The highest BCUT2D eigenvalue weighted by molar-refractivity contribution is 6.24. The fourth-order valence-corrected chi connectivity index (χ4v) is 5.05. The number of para-hydroxylation sites is 1. The van der Waals surface area contributed by atoms with Crippen LogP contribution < -0.4 is 9.64 Å². The molecule has 32 heavy (non-hydrogen) atoms. The van der Waals surface area contributed by atoms with Crippen LogP contribution in [0.25, 0.3) is 0 Å². The van der Waals surface area contributed by atoms with E-state index in [2.05, 4.69) is 0 Å². The van der Waals surface area contributed by atoms with Crippen molar-refractivity contribution in [1.29, 1.82) is 0 Å². The number of ether oxygens (including phenoxy) is 2. The molecule has 0 radical (unpaired) electrons. The maximum Gasteiger partial charge on any atom is 0.340 e. The fraction of sp³-hybridized carbons (Fsp3) is 0.280. The van der Waals surface area contributed by atoms with Crippen molar-refractivity contribution in [2.24, 2.45) is 23.7 Å². The highest BCUT2D eigenvalue weighted by Crippen LogP contribution is 2.53. The number of Topliss-reactive ketones (excluding diaryl/α,β-unsaturated/α-hetero) is 1. The molecule has 2 amide bonds. The fourth-order valence-electron chi connectivity index (χ4n) is 5.05. The first kappa shape index (κ1) is 20.2. The summed E-state index contributed by atoms with van der Waals surface area (Å²) in [6, 6.07) is 12.8. The summed E-state index contributed by atoms with van der Waals surface area (Å²) in [5.41, 5.74) is 0.669. The van der Waals surface area contributed by atoms with E-state index >= 15 is 0 Å². The van der Waals surface area contributed by atoms with Gasteiger partial charge in [0.25, 0.3) is 0 Å². The van der Waals surface area contributed by atoms with E-state index in [0.717, 1.165) is 11.3 Å². The minimum absolute atomic E-state index is 0.0766. The number of carbonyl (C=O) groups excluding carboxylic acids is 4. The van der Waals surface area contributed by atoms with Gasteiger partial charge in [0, 0.05) is 5.56 Å². The van der Waals surface area contributed by atoms with Crippen LogP contribution in [-0.4, -0.2) is 37.3 Å². The maximum atomic E-state index is 13.1. The number of carbonyl (C=O) groups is 4. The SMILES string of the molecule is COc1ccc(C(=O)COC(=O)c2ccccc2N2C(=O)C3C4C=CC(C4)C3C2=O)cc1. The third-order valence-electron chi connectivity index (χ3n) is 6.58. The van der Waals surface area contributed by atoms with Gasteiger partial charge in [-0.2, -0.15) is 0 Å². The molecule has 5 rings (SSSR count). The number of nitrogens with zero attached hydrogens (tertiary/aromatic N) is 1. The predicted molar refractivity (Wildman–Crippen MR) is 114 cm³/mol. The van der Waals surface area contributed by atoms with Crippen molar-refractivity contribution in [3.05, 3.63) is 71.8 Å². The predicted octanol–water partition coefficient (Wildman–Crippen LogP) is 3.05. The van der Waals surface area contributed by atoms with E-state index in [1.807, 2.05) is 12.2 Å². The van der Waals surface area contributed by atoms with E-state index in [1.165, 1.54) is 13.2 Å². The molecule has 162 valence electrons. The average Bonchev–Trinajstić information content (AvgIpc) is 3.51. The number of rotatable bonds is 6. The van der Waals surface area contributed by atoms with Gasteiger partial charge in [-0.1, -0.05) is 24.3 Å². The van der Waals surface area contributed by atoms with Crippen LogP contribution >= 0.6 is 0 Å². The van der Waals surface area contributed by atoms with Gasteiger partial charge in [-0.05, 0) is 54.7 Å². The molecule has 0 N–H and O–H groups in total. The van der Waals surface area contributed by atoms with Crippen molar-refractivity contribution >= 4 is 29.3 Å². The van der Waals surface area contributed by atoms with Gasteiger partial charge in [0.15, 0.2) is 12.4 Å². The molecule has 1 heterocycles. The molecule has 3 aliphatic rings. The molecule has 0 aromatic heterocycles. The van der Waals surface area contributed by atoms with Crippen molar-refractivity contribution in [1.82, 2.24) is 0 Å². The third-order valence-corrected chi connectivity index (χ3v) is 6.58. The second-order valence-electron chi connectivity index (χ2n) is 8.26. The second-order valence-corrected chi connectivity index (χ2v) is 8.26. The molecular formula is C25H21NO6. The Morgan fingerprint density at radius 2 is 1.56 bits per heavy atom. The number of ketones is 1. The molecule has 1 saturated carbocycles. The van der Waals surface area contributed by atoms with Gasteiger partial charge < -0.3 is 9.47 Å². The Balaban J connectivity index is 1.33. The number of benzene rings is 2. The Bertz CT molecular complexity index is 1120. The van der Waals surface area contributed by atoms with Gasteiger partial charge in [-0.3, -0.25) is 14.4 Å². The summed E-state index contributed by atoms with van der Waals surface area (Å²) >= 11 is 0. The van der Waals surface area contributed by atoms with Gasteiger partial charge in [-0.25, -0.2) is 9.69 Å². The highest BCUT2D eigenvalue weighted by Gasteiger charge is 2.59. The van der Waals surface area contributed by atoms with Gasteiger partial charge in [0.2, 0.25) is 11.8 Å². The summed E-state index contributed by atoms with van der Waals surface area (Å²) in [6.07, 6.45) is 4.87. The van der Waals surface area contributed by atoms with Crippen LogP contribution in [0.4, 0.5) is 5.69 Å². The summed E-state index contributed by atoms with van der Waals surface area (Å²) in [5, 5.41) is 0.